The summed E-state index contributed by atoms with van der Waals surface area (Å²) in [6.45, 7) is 0. The molecule has 0 saturated carbocycles. The van der Waals surface area contributed by atoms with Gasteiger partial charge in [0.05, 0.1) is 12.7 Å². The van der Waals surface area contributed by atoms with Crippen LogP contribution < -0.4 is 4.74 Å². The molecule has 76 valence electrons. The second-order valence-electron chi connectivity index (χ2n) is 2.36. The van der Waals surface area contributed by atoms with E-state index in [9.17, 15) is 18.0 Å². The molecule has 1 aromatic heterocycles. The Labute approximate surface area is 77.5 Å². The summed E-state index contributed by atoms with van der Waals surface area (Å²) in [7, 11) is 1.15. The smallest absolute Gasteiger partial charge is 0.281 e. The zero-order chi connectivity index (χ0) is 10.7. The van der Waals surface area contributed by atoms with Crippen molar-refractivity contribution in [2.45, 2.75) is 6.43 Å². The van der Waals surface area contributed by atoms with Crippen molar-refractivity contribution in [1.29, 1.82) is 0 Å². The summed E-state index contributed by atoms with van der Waals surface area (Å²) in [5, 5.41) is 0. The molecule has 0 unspecified atom stereocenters. The molecule has 1 heterocycles. The predicted molar refractivity (Wildman–Crippen MR) is 41.1 cm³/mol. The third-order valence-electron chi connectivity index (χ3n) is 1.56. The van der Waals surface area contributed by atoms with Crippen molar-refractivity contribution in [2.24, 2.45) is 0 Å². The normalized spacial score (nSPS) is 10.4. The van der Waals surface area contributed by atoms with Crippen molar-refractivity contribution in [3.8, 4) is 5.75 Å². The zero-order valence-electron chi connectivity index (χ0n) is 7.13. The molecule has 0 aliphatic heterocycles. The van der Waals surface area contributed by atoms with Crippen LogP contribution >= 0.6 is 0 Å². The van der Waals surface area contributed by atoms with E-state index in [2.05, 4.69) is 9.72 Å². The highest BCUT2D eigenvalue weighted by atomic mass is 19.3. The fourth-order valence-electron chi connectivity index (χ4n) is 0.973. The number of carbonyl (C=O) groups excluding carboxylic acids is 1. The Balaban J connectivity index is 3.39. The Hall–Kier alpha value is -1.59. The molecule has 14 heavy (non-hydrogen) atoms. The van der Waals surface area contributed by atoms with Crippen LogP contribution in [0.2, 0.25) is 0 Å². The molecule has 0 amide bonds. The van der Waals surface area contributed by atoms with E-state index in [0.717, 1.165) is 13.2 Å². The lowest BCUT2D eigenvalue weighted by molar-refractivity contribution is 0.109. The minimum Gasteiger partial charge on any atom is -0.496 e. The van der Waals surface area contributed by atoms with Gasteiger partial charge in [-0.05, 0) is 0 Å². The van der Waals surface area contributed by atoms with E-state index in [4.69, 9.17) is 0 Å². The summed E-state index contributed by atoms with van der Waals surface area (Å²) in [6, 6.07) is 0.773. The maximum absolute atomic E-state index is 12.7. The Kier molecular flexibility index (Phi) is 3.06. The lowest BCUT2D eigenvalue weighted by Gasteiger charge is -2.07. The van der Waals surface area contributed by atoms with E-state index in [1.165, 1.54) is 0 Å². The molecule has 0 bridgehead atoms. The van der Waals surface area contributed by atoms with Gasteiger partial charge in [-0.2, -0.15) is 4.39 Å². The number of pyridine rings is 1. The van der Waals surface area contributed by atoms with Gasteiger partial charge >= 0.3 is 0 Å². The van der Waals surface area contributed by atoms with Crippen LogP contribution in [0, 0.1) is 5.95 Å². The Morgan fingerprint density at radius 2 is 2.21 bits per heavy atom. The van der Waals surface area contributed by atoms with Gasteiger partial charge in [-0.25, -0.2) is 13.8 Å². The largest absolute Gasteiger partial charge is 0.496 e. The summed E-state index contributed by atoms with van der Waals surface area (Å²) in [4.78, 5) is 13.4. The molecule has 0 aliphatic carbocycles. The summed E-state index contributed by atoms with van der Waals surface area (Å²) < 4.78 is 41.7. The first-order chi connectivity index (χ1) is 6.60. The number of hydrogen-bond donors (Lipinski definition) is 0. The lowest BCUT2D eigenvalue weighted by Crippen LogP contribution is -2.03. The second kappa shape index (κ2) is 4.08. The fraction of sp³-hybridized carbons (Fsp3) is 0.250. The molecule has 1 aromatic rings. The molecule has 6 heteroatoms. The van der Waals surface area contributed by atoms with Crippen LogP contribution in [0.5, 0.6) is 5.75 Å². The number of aromatic nitrogens is 1. The Morgan fingerprint density at radius 3 is 2.64 bits per heavy atom. The summed E-state index contributed by atoms with van der Waals surface area (Å²) in [5.41, 5.74) is -1.33. The van der Waals surface area contributed by atoms with Crippen molar-refractivity contribution < 1.29 is 22.7 Å². The molecule has 0 fully saturated rings. The number of halogens is 3. The molecule has 0 N–H and O–H groups in total. The van der Waals surface area contributed by atoms with Crippen molar-refractivity contribution in [3.05, 3.63) is 23.3 Å². The van der Waals surface area contributed by atoms with Gasteiger partial charge in [0.25, 0.3) is 6.43 Å². The Bertz CT molecular complexity index is 355. The molecule has 0 aromatic carbocycles. The first-order valence-electron chi connectivity index (χ1n) is 3.58. The van der Waals surface area contributed by atoms with Crippen molar-refractivity contribution >= 4 is 6.29 Å². The predicted octanol–water partition coefficient (Wildman–Crippen LogP) is 1.98. The van der Waals surface area contributed by atoms with E-state index < -0.39 is 23.6 Å². The van der Waals surface area contributed by atoms with Gasteiger partial charge < -0.3 is 4.74 Å². The molecule has 1 rings (SSSR count). The highest BCUT2D eigenvalue weighted by Gasteiger charge is 2.20. The maximum atomic E-state index is 12.7. The molecular formula is C8H6F3NO2. The maximum Gasteiger partial charge on any atom is 0.281 e. The zero-order valence-corrected chi connectivity index (χ0v) is 7.13. The summed E-state index contributed by atoms with van der Waals surface area (Å²) in [6.07, 6.45) is -2.85. The number of carbonyl (C=O) groups is 1. The van der Waals surface area contributed by atoms with Crippen LogP contribution in [0.25, 0.3) is 0 Å². The fourth-order valence-corrected chi connectivity index (χ4v) is 0.973. The monoisotopic (exact) mass is 205 g/mol. The van der Waals surface area contributed by atoms with Crippen LogP contribution in [0.3, 0.4) is 0 Å². The number of nitrogens with zero attached hydrogens (tertiary/aromatic N) is 1. The van der Waals surface area contributed by atoms with E-state index in [-0.39, 0.29) is 12.0 Å². The van der Waals surface area contributed by atoms with Gasteiger partial charge in [-0.1, -0.05) is 0 Å². The van der Waals surface area contributed by atoms with Gasteiger partial charge in [0.2, 0.25) is 5.95 Å². The third kappa shape index (κ3) is 1.84. The molecular weight excluding hydrogens is 199 g/mol. The summed E-state index contributed by atoms with van der Waals surface area (Å²) >= 11 is 0. The van der Waals surface area contributed by atoms with E-state index in [1.807, 2.05) is 0 Å². The molecule has 0 saturated heterocycles. The summed E-state index contributed by atoms with van der Waals surface area (Å²) in [5.74, 6) is -1.36. The van der Waals surface area contributed by atoms with E-state index in [1.54, 1.807) is 0 Å². The highest BCUT2D eigenvalue weighted by molar-refractivity contribution is 5.80. The number of aldehydes is 1. The molecule has 0 radical (unpaired) electrons. The van der Waals surface area contributed by atoms with Crippen LogP contribution in [0.4, 0.5) is 13.2 Å². The SMILES string of the molecule is COc1cc(F)nc(C(F)F)c1C=O. The minimum absolute atomic E-state index is 0.159. The Morgan fingerprint density at radius 1 is 1.57 bits per heavy atom. The number of alkyl halides is 2. The van der Waals surface area contributed by atoms with Crippen molar-refractivity contribution in [2.75, 3.05) is 7.11 Å². The second-order valence-corrected chi connectivity index (χ2v) is 2.36. The first-order valence-corrected chi connectivity index (χ1v) is 3.58. The van der Waals surface area contributed by atoms with Gasteiger partial charge in [0.15, 0.2) is 6.29 Å². The average Bonchev–Trinajstić information content (AvgIpc) is 2.16. The quantitative estimate of drug-likeness (QED) is 0.559. The first kappa shape index (κ1) is 10.5. The number of ether oxygens (including phenoxy) is 1. The van der Waals surface area contributed by atoms with E-state index in [0.29, 0.717) is 0 Å². The van der Waals surface area contributed by atoms with Crippen molar-refractivity contribution in [3.63, 3.8) is 0 Å². The molecule has 0 atom stereocenters. The minimum atomic E-state index is -3.01. The number of rotatable bonds is 3. The highest BCUT2D eigenvalue weighted by Crippen LogP contribution is 2.27. The van der Waals surface area contributed by atoms with Crippen LogP contribution in [-0.4, -0.2) is 18.4 Å². The van der Waals surface area contributed by atoms with Gasteiger partial charge in [-0.15, -0.1) is 0 Å². The topological polar surface area (TPSA) is 39.2 Å². The molecule has 0 aliphatic rings. The molecule has 3 nitrogen and oxygen atoms in total. The average molecular weight is 205 g/mol. The van der Waals surface area contributed by atoms with Crippen LogP contribution in [0.1, 0.15) is 22.5 Å². The number of methoxy groups -OCH3 is 1. The van der Waals surface area contributed by atoms with Gasteiger partial charge in [0.1, 0.15) is 11.4 Å². The van der Waals surface area contributed by atoms with Crippen LogP contribution in [-0.2, 0) is 0 Å². The third-order valence-corrected chi connectivity index (χ3v) is 1.56. The standard InChI is InChI=1S/C8H6F3NO2/c1-14-5-2-6(9)12-7(8(10)11)4(5)3-13/h2-3,8H,1H3. The van der Waals surface area contributed by atoms with Gasteiger partial charge in [-0.3, -0.25) is 4.79 Å². The van der Waals surface area contributed by atoms with Crippen LogP contribution in [0.15, 0.2) is 6.07 Å². The number of hydrogen-bond acceptors (Lipinski definition) is 3. The molecule has 0 spiro atoms. The van der Waals surface area contributed by atoms with Gasteiger partial charge in [0, 0.05) is 6.07 Å². The lowest BCUT2D eigenvalue weighted by atomic mass is 10.2. The van der Waals surface area contributed by atoms with E-state index >= 15 is 0 Å². The van der Waals surface area contributed by atoms with Crippen molar-refractivity contribution in [1.82, 2.24) is 4.98 Å².